The standard InChI is InChI=1S/C14H19NO4S2/c1-10-7-11(3-4-13(10)19-2)15-14(16)8-20-12-5-6-21(17,18)9-12/h3-4,7,12H,5-6,8-9H2,1-2H3,(H,15,16). The van der Waals surface area contributed by atoms with E-state index < -0.39 is 9.84 Å². The molecule has 0 spiro atoms. The number of nitrogens with one attached hydrogen (secondary N) is 1. The first kappa shape index (κ1) is 16.2. The molecule has 1 heterocycles. The second kappa shape index (κ2) is 6.70. The molecule has 0 radical (unpaired) electrons. The molecule has 7 heteroatoms. The van der Waals surface area contributed by atoms with Gasteiger partial charge in [-0.15, -0.1) is 11.8 Å². The zero-order chi connectivity index (χ0) is 15.5. The quantitative estimate of drug-likeness (QED) is 0.893. The van der Waals surface area contributed by atoms with Crippen molar-refractivity contribution in [2.45, 2.75) is 18.6 Å². The Labute approximate surface area is 129 Å². The van der Waals surface area contributed by atoms with E-state index in [1.165, 1.54) is 11.8 Å². The van der Waals surface area contributed by atoms with Gasteiger partial charge in [0.2, 0.25) is 5.91 Å². The minimum atomic E-state index is -2.88. The third-order valence-corrected chi connectivity index (χ3v) is 6.60. The van der Waals surface area contributed by atoms with E-state index in [1.54, 1.807) is 13.2 Å². The monoisotopic (exact) mass is 329 g/mol. The third-order valence-electron chi connectivity index (χ3n) is 3.32. The van der Waals surface area contributed by atoms with Crippen LogP contribution in [-0.4, -0.2) is 43.9 Å². The fourth-order valence-electron chi connectivity index (χ4n) is 2.24. The van der Waals surface area contributed by atoms with Crippen LogP contribution in [0.5, 0.6) is 5.75 Å². The molecule has 2 rings (SSSR count). The van der Waals surface area contributed by atoms with Crippen molar-refractivity contribution in [1.29, 1.82) is 0 Å². The minimum Gasteiger partial charge on any atom is -0.496 e. The van der Waals surface area contributed by atoms with Gasteiger partial charge in [0.1, 0.15) is 5.75 Å². The smallest absolute Gasteiger partial charge is 0.234 e. The molecule has 21 heavy (non-hydrogen) atoms. The average molecular weight is 329 g/mol. The zero-order valence-electron chi connectivity index (χ0n) is 12.1. The van der Waals surface area contributed by atoms with Gasteiger partial charge in [-0.1, -0.05) is 0 Å². The first-order valence-electron chi connectivity index (χ1n) is 6.66. The largest absolute Gasteiger partial charge is 0.496 e. The first-order valence-corrected chi connectivity index (χ1v) is 9.53. The fourth-order valence-corrected chi connectivity index (χ4v) is 5.68. The van der Waals surface area contributed by atoms with Gasteiger partial charge < -0.3 is 10.1 Å². The van der Waals surface area contributed by atoms with E-state index in [2.05, 4.69) is 5.32 Å². The molecule has 1 saturated heterocycles. The maximum Gasteiger partial charge on any atom is 0.234 e. The molecular weight excluding hydrogens is 310 g/mol. The zero-order valence-corrected chi connectivity index (χ0v) is 13.7. The van der Waals surface area contributed by atoms with Gasteiger partial charge in [-0.05, 0) is 37.1 Å². The van der Waals surface area contributed by atoms with Gasteiger partial charge in [-0.25, -0.2) is 8.42 Å². The van der Waals surface area contributed by atoms with Crippen molar-refractivity contribution in [3.63, 3.8) is 0 Å². The predicted octanol–water partition coefficient (Wildman–Crippen LogP) is 1.86. The van der Waals surface area contributed by atoms with E-state index in [0.717, 1.165) is 17.0 Å². The van der Waals surface area contributed by atoms with Crippen LogP contribution < -0.4 is 10.1 Å². The summed E-state index contributed by atoms with van der Waals surface area (Å²) < 4.78 is 27.9. The molecule has 1 aromatic rings. The van der Waals surface area contributed by atoms with E-state index in [4.69, 9.17) is 4.74 Å². The van der Waals surface area contributed by atoms with E-state index in [1.807, 2.05) is 19.1 Å². The van der Waals surface area contributed by atoms with Crippen LogP contribution in [0.3, 0.4) is 0 Å². The molecule has 1 fully saturated rings. The molecular formula is C14H19NO4S2. The Morgan fingerprint density at radius 1 is 1.48 bits per heavy atom. The van der Waals surface area contributed by atoms with Gasteiger partial charge in [0.05, 0.1) is 24.4 Å². The molecule has 1 unspecified atom stereocenters. The molecule has 1 atom stereocenters. The topological polar surface area (TPSA) is 72.5 Å². The number of amides is 1. The van der Waals surface area contributed by atoms with E-state index in [9.17, 15) is 13.2 Å². The van der Waals surface area contributed by atoms with Crippen LogP contribution >= 0.6 is 11.8 Å². The number of aryl methyl sites for hydroxylation is 1. The lowest BCUT2D eigenvalue weighted by Crippen LogP contribution is -2.17. The summed E-state index contributed by atoms with van der Waals surface area (Å²) in [4.78, 5) is 11.9. The van der Waals surface area contributed by atoms with Crippen molar-refractivity contribution in [2.75, 3.05) is 29.7 Å². The average Bonchev–Trinajstić information content (AvgIpc) is 2.76. The van der Waals surface area contributed by atoms with Crippen LogP contribution in [0.4, 0.5) is 5.69 Å². The number of benzene rings is 1. The Bertz CT molecular complexity index is 628. The Hall–Kier alpha value is -1.21. The summed E-state index contributed by atoms with van der Waals surface area (Å²) in [7, 11) is -1.28. The number of thioether (sulfide) groups is 1. The number of methoxy groups -OCH3 is 1. The molecule has 0 saturated carbocycles. The number of rotatable bonds is 5. The van der Waals surface area contributed by atoms with Crippen LogP contribution in [0.15, 0.2) is 18.2 Å². The number of anilines is 1. The van der Waals surface area contributed by atoms with Crippen LogP contribution in [0.2, 0.25) is 0 Å². The van der Waals surface area contributed by atoms with Gasteiger partial charge in [0, 0.05) is 10.9 Å². The van der Waals surface area contributed by atoms with Crippen molar-refractivity contribution in [3.8, 4) is 5.75 Å². The van der Waals surface area contributed by atoms with Crippen molar-refractivity contribution in [3.05, 3.63) is 23.8 Å². The van der Waals surface area contributed by atoms with Crippen LogP contribution in [0.1, 0.15) is 12.0 Å². The summed E-state index contributed by atoms with van der Waals surface area (Å²) in [6, 6.07) is 5.44. The number of carbonyl (C=O) groups excluding carboxylic acids is 1. The second-order valence-electron chi connectivity index (χ2n) is 5.07. The molecule has 1 aliphatic heterocycles. The molecule has 0 bridgehead atoms. The third kappa shape index (κ3) is 4.64. The number of sulfone groups is 1. The predicted molar refractivity (Wildman–Crippen MR) is 85.9 cm³/mol. The van der Waals surface area contributed by atoms with E-state index >= 15 is 0 Å². The molecule has 1 aliphatic rings. The molecule has 1 amide bonds. The SMILES string of the molecule is COc1ccc(NC(=O)CSC2CCS(=O)(=O)C2)cc1C. The van der Waals surface area contributed by atoms with Crippen LogP contribution in [-0.2, 0) is 14.6 Å². The normalized spacial score (nSPS) is 20.2. The first-order chi connectivity index (χ1) is 9.89. The number of ether oxygens (including phenoxy) is 1. The highest BCUT2D eigenvalue weighted by Crippen LogP contribution is 2.25. The van der Waals surface area contributed by atoms with Crippen LogP contribution in [0.25, 0.3) is 0 Å². The van der Waals surface area contributed by atoms with Gasteiger partial charge in [-0.3, -0.25) is 4.79 Å². The van der Waals surface area contributed by atoms with Gasteiger partial charge >= 0.3 is 0 Å². The van der Waals surface area contributed by atoms with Crippen molar-refractivity contribution in [2.24, 2.45) is 0 Å². The lowest BCUT2D eigenvalue weighted by molar-refractivity contribution is -0.113. The summed E-state index contributed by atoms with van der Waals surface area (Å²) in [6.45, 7) is 1.91. The van der Waals surface area contributed by atoms with E-state index in [-0.39, 0.29) is 28.4 Å². The molecule has 0 aliphatic carbocycles. The van der Waals surface area contributed by atoms with Crippen molar-refractivity contribution < 1.29 is 17.9 Å². The maximum absolute atomic E-state index is 11.9. The summed E-state index contributed by atoms with van der Waals surface area (Å²) in [5, 5.41) is 2.85. The molecule has 1 aromatic carbocycles. The minimum absolute atomic E-state index is 0.0401. The lowest BCUT2D eigenvalue weighted by Gasteiger charge is -2.10. The van der Waals surface area contributed by atoms with Gasteiger partial charge in [0.15, 0.2) is 9.84 Å². The Kier molecular flexibility index (Phi) is 5.16. The van der Waals surface area contributed by atoms with Crippen molar-refractivity contribution >= 4 is 33.2 Å². The second-order valence-corrected chi connectivity index (χ2v) is 8.59. The Morgan fingerprint density at radius 3 is 2.81 bits per heavy atom. The van der Waals surface area contributed by atoms with Crippen molar-refractivity contribution in [1.82, 2.24) is 0 Å². The highest BCUT2D eigenvalue weighted by atomic mass is 32.2. The van der Waals surface area contributed by atoms with Crippen LogP contribution in [0, 0.1) is 6.92 Å². The van der Waals surface area contributed by atoms with E-state index in [0.29, 0.717) is 6.42 Å². The number of carbonyl (C=O) groups is 1. The highest BCUT2D eigenvalue weighted by Gasteiger charge is 2.28. The highest BCUT2D eigenvalue weighted by molar-refractivity contribution is 8.02. The molecule has 5 nitrogen and oxygen atoms in total. The number of hydrogen-bond acceptors (Lipinski definition) is 5. The summed E-state index contributed by atoms with van der Waals surface area (Å²) in [6.07, 6.45) is 0.641. The summed E-state index contributed by atoms with van der Waals surface area (Å²) in [5.74, 6) is 1.36. The molecule has 116 valence electrons. The Morgan fingerprint density at radius 2 is 2.24 bits per heavy atom. The lowest BCUT2D eigenvalue weighted by atomic mass is 10.2. The fraction of sp³-hybridized carbons (Fsp3) is 0.500. The molecule has 1 N–H and O–H groups in total. The number of hydrogen-bond donors (Lipinski definition) is 1. The summed E-state index contributed by atoms with van der Waals surface area (Å²) >= 11 is 1.41. The maximum atomic E-state index is 11.9. The molecule has 0 aromatic heterocycles. The summed E-state index contributed by atoms with van der Waals surface area (Å²) in [5.41, 5.74) is 1.67. The Balaban J connectivity index is 1.83. The van der Waals surface area contributed by atoms with Gasteiger partial charge in [0.25, 0.3) is 0 Å². The van der Waals surface area contributed by atoms with Gasteiger partial charge in [-0.2, -0.15) is 0 Å².